The van der Waals surface area contributed by atoms with Crippen LogP contribution in [-0.2, 0) is 11.8 Å². The van der Waals surface area contributed by atoms with Gasteiger partial charge < -0.3 is 9.64 Å². The number of carbonyl (C=O) groups excluding carboxylic acids is 1. The van der Waals surface area contributed by atoms with E-state index >= 15 is 0 Å². The van der Waals surface area contributed by atoms with Crippen LogP contribution in [0.15, 0.2) is 55.1 Å². The number of hydrogen-bond donors (Lipinski definition) is 1. The van der Waals surface area contributed by atoms with Crippen molar-refractivity contribution >= 4 is 28.6 Å². The van der Waals surface area contributed by atoms with Gasteiger partial charge in [0.15, 0.2) is 0 Å². The molecule has 1 N–H and O–H groups in total. The molecule has 2 atom stereocenters. The fraction of sp³-hybridized carbons (Fsp3) is 0.292. The summed E-state index contributed by atoms with van der Waals surface area (Å²) in [6.07, 6.45) is 7.09. The predicted molar refractivity (Wildman–Crippen MR) is 126 cm³/mol. The molecule has 0 unspecified atom stereocenters. The third-order valence-electron chi connectivity index (χ3n) is 5.60. The van der Waals surface area contributed by atoms with Gasteiger partial charge in [-0.3, -0.25) is 19.8 Å². The lowest BCUT2D eigenvalue weighted by atomic mass is 10.1. The maximum absolute atomic E-state index is 12.8. The van der Waals surface area contributed by atoms with Crippen LogP contribution in [-0.4, -0.2) is 55.9 Å². The number of aryl methyl sites for hydroxylation is 1. The number of hydrogen-bond acceptors (Lipinski definition) is 7. The SMILES string of the molecule is C[C@@H]1CN(c2nc(NC(=O)c3ccncc3)nc3cc(-c4cnn(C)c4)ccc23)C[C@H](C)O1. The summed E-state index contributed by atoms with van der Waals surface area (Å²) in [6, 6.07) is 9.40. The average Bonchev–Trinajstić information content (AvgIpc) is 3.24. The van der Waals surface area contributed by atoms with Crippen LogP contribution in [0.25, 0.3) is 22.0 Å². The second kappa shape index (κ2) is 8.59. The van der Waals surface area contributed by atoms with Gasteiger partial charge in [-0.2, -0.15) is 10.1 Å². The number of aromatic nitrogens is 5. The van der Waals surface area contributed by atoms with E-state index in [1.807, 2.05) is 31.6 Å². The molecular weight excluding hydrogens is 418 g/mol. The van der Waals surface area contributed by atoms with Crippen LogP contribution in [0.2, 0.25) is 0 Å². The van der Waals surface area contributed by atoms with Gasteiger partial charge in [0.2, 0.25) is 5.95 Å². The van der Waals surface area contributed by atoms with Crippen molar-refractivity contribution in [2.75, 3.05) is 23.3 Å². The summed E-state index contributed by atoms with van der Waals surface area (Å²) in [6.45, 7) is 5.52. The van der Waals surface area contributed by atoms with Crippen molar-refractivity contribution in [1.82, 2.24) is 24.7 Å². The van der Waals surface area contributed by atoms with Crippen molar-refractivity contribution < 1.29 is 9.53 Å². The van der Waals surface area contributed by atoms with Crippen molar-refractivity contribution in [1.29, 1.82) is 0 Å². The Morgan fingerprint density at radius 1 is 1.06 bits per heavy atom. The molecule has 4 heterocycles. The fourth-order valence-electron chi connectivity index (χ4n) is 4.19. The molecule has 1 aliphatic rings. The Morgan fingerprint density at radius 2 is 1.82 bits per heavy atom. The topological polar surface area (TPSA) is 98.1 Å². The Bertz CT molecular complexity index is 1290. The summed E-state index contributed by atoms with van der Waals surface area (Å²) in [5.74, 6) is 0.758. The zero-order valence-electron chi connectivity index (χ0n) is 18.8. The van der Waals surface area contributed by atoms with Crippen molar-refractivity contribution in [3.05, 3.63) is 60.7 Å². The van der Waals surface area contributed by atoms with E-state index < -0.39 is 0 Å². The van der Waals surface area contributed by atoms with Crippen molar-refractivity contribution in [2.24, 2.45) is 7.05 Å². The molecule has 0 saturated carbocycles. The Morgan fingerprint density at radius 3 is 2.52 bits per heavy atom. The molecule has 9 nitrogen and oxygen atoms in total. The normalized spacial score (nSPS) is 18.5. The van der Waals surface area contributed by atoms with E-state index in [1.54, 1.807) is 29.2 Å². The first-order valence-corrected chi connectivity index (χ1v) is 10.9. The number of nitrogens with zero attached hydrogens (tertiary/aromatic N) is 6. The molecule has 5 rings (SSSR count). The quantitative estimate of drug-likeness (QED) is 0.517. The van der Waals surface area contributed by atoms with Crippen LogP contribution in [0.1, 0.15) is 24.2 Å². The van der Waals surface area contributed by atoms with Gasteiger partial charge in [-0.15, -0.1) is 0 Å². The molecule has 0 bridgehead atoms. The molecule has 4 aromatic rings. The third kappa shape index (κ3) is 4.40. The van der Waals surface area contributed by atoms with Crippen molar-refractivity contribution in [3.8, 4) is 11.1 Å². The van der Waals surface area contributed by atoms with E-state index in [0.717, 1.165) is 27.8 Å². The maximum Gasteiger partial charge on any atom is 0.258 e. The smallest absolute Gasteiger partial charge is 0.258 e. The zero-order chi connectivity index (χ0) is 22.9. The molecule has 0 aliphatic carbocycles. The molecule has 1 amide bonds. The Hall–Kier alpha value is -3.85. The van der Waals surface area contributed by atoms with E-state index in [2.05, 4.69) is 45.2 Å². The molecule has 1 fully saturated rings. The highest BCUT2D eigenvalue weighted by molar-refractivity contribution is 6.04. The number of pyridine rings is 1. The lowest BCUT2D eigenvalue weighted by Gasteiger charge is -2.36. The highest BCUT2D eigenvalue weighted by atomic mass is 16.5. The summed E-state index contributed by atoms with van der Waals surface area (Å²) in [5.41, 5.74) is 3.23. The van der Waals surface area contributed by atoms with E-state index in [1.165, 1.54) is 0 Å². The first-order chi connectivity index (χ1) is 16.0. The van der Waals surface area contributed by atoms with Gasteiger partial charge in [0.05, 0.1) is 23.9 Å². The number of nitrogens with one attached hydrogen (secondary N) is 1. The van der Waals surface area contributed by atoms with E-state index in [9.17, 15) is 4.79 Å². The second-order valence-corrected chi connectivity index (χ2v) is 8.36. The van der Waals surface area contributed by atoms with Crippen LogP contribution in [0, 0.1) is 0 Å². The first kappa shape index (κ1) is 21.0. The summed E-state index contributed by atoms with van der Waals surface area (Å²) in [5, 5.41) is 8.05. The number of benzene rings is 1. The minimum absolute atomic E-state index is 0.0725. The number of rotatable bonds is 4. The number of ether oxygens (including phenoxy) is 1. The molecule has 1 aromatic carbocycles. The maximum atomic E-state index is 12.8. The predicted octanol–water partition coefficient (Wildman–Crippen LogP) is 3.29. The average molecular weight is 444 g/mol. The Balaban J connectivity index is 1.59. The lowest BCUT2D eigenvalue weighted by Crippen LogP contribution is -2.46. The van der Waals surface area contributed by atoms with Crippen LogP contribution in [0.5, 0.6) is 0 Å². The molecule has 33 heavy (non-hydrogen) atoms. The number of amides is 1. The van der Waals surface area contributed by atoms with Gasteiger partial charge in [0.25, 0.3) is 5.91 Å². The number of anilines is 2. The molecule has 0 radical (unpaired) electrons. The van der Waals surface area contributed by atoms with Crippen LogP contribution in [0.4, 0.5) is 11.8 Å². The monoisotopic (exact) mass is 443 g/mol. The molecule has 0 spiro atoms. The lowest BCUT2D eigenvalue weighted by molar-refractivity contribution is -0.00537. The van der Waals surface area contributed by atoms with Gasteiger partial charge >= 0.3 is 0 Å². The number of fused-ring (bicyclic) bond motifs is 1. The fourth-order valence-corrected chi connectivity index (χ4v) is 4.19. The molecule has 1 saturated heterocycles. The molecule has 1 aliphatic heterocycles. The highest BCUT2D eigenvalue weighted by Gasteiger charge is 2.26. The van der Waals surface area contributed by atoms with E-state index in [0.29, 0.717) is 18.7 Å². The molecular formula is C24H25N7O2. The Kier molecular flexibility index (Phi) is 5.47. The number of carbonyl (C=O) groups is 1. The van der Waals surface area contributed by atoms with Gasteiger partial charge in [-0.25, -0.2) is 4.98 Å². The first-order valence-electron chi connectivity index (χ1n) is 10.9. The standard InChI is InChI=1S/C24H25N7O2/c1-15-12-31(13-16(2)33-15)22-20-5-4-18(19-11-26-30(3)14-19)10-21(20)27-24(28-22)29-23(32)17-6-8-25-9-7-17/h4-11,14-16H,12-13H2,1-3H3,(H,27,28,29,32)/t15-,16+. The van der Waals surface area contributed by atoms with Gasteiger partial charge in [-0.1, -0.05) is 6.07 Å². The van der Waals surface area contributed by atoms with Crippen molar-refractivity contribution in [3.63, 3.8) is 0 Å². The summed E-state index contributed by atoms with van der Waals surface area (Å²) >= 11 is 0. The molecule has 3 aromatic heterocycles. The van der Waals surface area contributed by atoms with Crippen LogP contribution < -0.4 is 10.2 Å². The van der Waals surface area contributed by atoms with E-state index in [-0.39, 0.29) is 24.1 Å². The van der Waals surface area contributed by atoms with Gasteiger partial charge in [0.1, 0.15) is 5.82 Å². The van der Waals surface area contributed by atoms with Crippen molar-refractivity contribution in [2.45, 2.75) is 26.1 Å². The minimum Gasteiger partial charge on any atom is -0.372 e. The second-order valence-electron chi connectivity index (χ2n) is 8.36. The summed E-state index contributed by atoms with van der Waals surface area (Å²) in [4.78, 5) is 28.4. The largest absolute Gasteiger partial charge is 0.372 e. The summed E-state index contributed by atoms with van der Waals surface area (Å²) < 4.78 is 7.68. The van der Waals surface area contributed by atoms with Crippen LogP contribution >= 0.6 is 0 Å². The van der Waals surface area contributed by atoms with E-state index in [4.69, 9.17) is 9.72 Å². The Labute approximate surface area is 191 Å². The minimum atomic E-state index is -0.283. The highest BCUT2D eigenvalue weighted by Crippen LogP contribution is 2.31. The molecule has 9 heteroatoms. The van der Waals surface area contributed by atoms with Crippen LogP contribution in [0.3, 0.4) is 0 Å². The summed E-state index contributed by atoms with van der Waals surface area (Å²) in [7, 11) is 1.89. The number of morpholine rings is 1. The third-order valence-corrected chi connectivity index (χ3v) is 5.60. The molecule has 168 valence electrons. The van der Waals surface area contributed by atoms with Gasteiger partial charge in [-0.05, 0) is 43.7 Å². The zero-order valence-corrected chi connectivity index (χ0v) is 18.8. The van der Waals surface area contributed by atoms with Gasteiger partial charge in [0, 0.05) is 55.2 Å².